The van der Waals surface area contributed by atoms with Gasteiger partial charge in [0, 0.05) is 32.0 Å². The summed E-state index contributed by atoms with van der Waals surface area (Å²) in [5.74, 6) is 0. The molecule has 0 saturated carbocycles. The van der Waals surface area contributed by atoms with Crippen molar-refractivity contribution in [1.29, 1.82) is 0 Å². The maximum atomic E-state index is 3.48. The Morgan fingerprint density at radius 2 is 1.72 bits per heavy atom. The molecule has 0 bridgehead atoms. The predicted octanol–water partition coefficient (Wildman–Crippen LogP) is 3.67. The fraction of sp³-hybridized carbons (Fsp3) is 0.250. The third-order valence-electron chi connectivity index (χ3n) is 3.05. The Bertz CT molecular complexity index is 504. The van der Waals surface area contributed by atoms with Gasteiger partial charge in [-0.1, -0.05) is 30.3 Å². The van der Waals surface area contributed by atoms with Crippen molar-refractivity contribution in [3.05, 3.63) is 59.7 Å². The highest BCUT2D eigenvalue weighted by molar-refractivity contribution is 5.59. The molecular weight excluding hydrogens is 220 g/mol. The largest absolute Gasteiger partial charge is 0.381 e. The van der Waals surface area contributed by atoms with Crippen LogP contribution in [0.5, 0.6) is 0 Å². The third-order valence-corrected chi connectivity index (χ3v) is 3.05. The zero-order valence-corrected chi connectivity index (χ0v) is 11.3. The van der Waals surface area contributed by atoms with Crippen LogP contribution in [0.1, 0.15) is 11.1 Å². The summed E-state index contributed by atoms with van der Waals surface area (Å²) in [4.78, 5) is 2.12. The van der Waals surface area contributed by atoms with Crippen molar-refractivity contribution in [2.75, 3.05) is 24.3 Å². The summed E-state index contributed by atoms with van der Waals surface area (Å²) < 4.78 is 0. The van der Waals surface area contributed by atoms with Gasteiger partial charge < -0.3 is 10.2 Å². The Hall–Kier alpha value is -1.96. The van der Waals surface area contributed by atoms with Gasteiger partial charge in [-0.2, -0.15) is 0 Å². The van der Waals surface area contributed by atoms with E-state index in [1.165, 1.54) is 22.5 Å². The van der Waals surface area contributed by atoms with Crippen LogP contribution in [0.15, 0.2) is 48.5 Å². The summed E-state index contributed by atoms with van der Waals surface area (Å²) >= 11 is 0. The second-order valence-electron chi connectivity index (χ2n) is 4.73. The van der Waals surface area contributed by atoms with Crippen LogP contribution in [0.3, 0.4) is 0 Å². The number of hydrogen-bond acceptors (Lipinski definition) is 2. The summed E-state index contributed by atoms with van der Waals surface area (Å²) in [7, 11) is 4.12. The average molecular weight is 240 g/mol. The zero-order valence-electron chi connectivity index (χ0n) is 11.3. The molecule has 2 heteroatoms. The highest BCUT2D eigenvalue weighted by atomic mass is 15.1. The van der Waals surface area contributed by atoms with Crippen molar-refractivity contribution in [2.45, 2.75) is 13.5 Å². The number of anilines is 2. The van der Waals surface area contributed by atoms with Gasteiger partial charge in [0.05, 0.1) is 0 Å². The van der Waals surface area contributed by atoms with Crippen LogP contribution in [0.25, 0.3) is 0 Å². The van der Waals surface area contributed by atoms with Crippen LogP contribution >= 0.6 is 0 Å². The van der Waals surface area contributed by atoms with Gasteiger partial charge in [0.25, 0.3) is 0 Å². The van der Waals surface area contributed by atoms with E-state index in [4.69, 9.17) is 0 Å². The zero-order chi connectivity index (χ0) is 13.0. The number of nitrogens with one attached hydrogen (secondary N) is 1. The first-order valence-corrected chi connectivity index (χ1v) is 6.22. The summed E-state index contributed by atoms with van der Waals surface area (Å²) in [6.45, 7) is 3.00. The molecule has 18 heavy (non-hydrogen) atoms. The molecule has 0 aromatic heterocycles. The Labute approximate surface area is 109 Å². The molecule has 0 radical (unpaired) electrons. The lowest BCUT2D eigenvalue weighted by Gasteiger charge is -2.16. The lowest BCUT2D eigenvalue weighted by molar-refractivity contribution is 1.11. The molecule has 2 aromatic rings. The number of rotatable bonds is 4. The first-order valence-electron chi connectivity index (χ1n) is 6.22. The van der Waals surface area contributed by atoms with Crippen molar-refractivity contribution < 1.29 is 0 Å². The minimum absolute atomic E-state index is 0.864. The smallest absolute Gasteiger partial charge is 0.0400 e. The Morgan fingerprint density at radius 1 is 1.00 bits per heavy atom. The van der Waals surface area contributed by atoms with E-state index in [2.05, 4.69) is 73.7 Å². The highest BCUT2D eigenvalue weighted by Gasteiger charge is 2.01. The van der Waals surface area contributed by atoms with Crippen LogP contribution in [0, 0.1) is 6.92 Å². The third kappa shape index (κ3) is 3.04. The Morgan fingerprint density at radius 3 is 2.33 bits per heavy atom. The second-order valence-corrected chi connectivity index (χ2v) is 4.73. The van der Waals surface area contributed by atoms with E-state index in [1.807, 2.05) is 6.07 Å². The summed E-state index contributed by atoms with van der Waals surface area (Å²) in [5, 5.41) is 3.48. The molecule has 2 rings (SSSR count). The maximum absolute atomic E-state index is 3.48. The normalized spacial score (nSPS) is 10.2. The van der Waals surface area contributed by atoms with Crippen molar-refractivity contribution in [2.24, 2.45) is 0 Å². The number of benzene rings is 2. The molecule has 0 amide bonds. The van der Waals surface area contributed by atoms with Crippen molar-refractivity contribution in [3.8, 4) is 0 Å². The van der Waals surface area contributed by atoms with Crippen molar-refractivity contribution >= 4 is 11.4 Å². The molecule has 0 aliphatic heterocycles. The highest BCUT2D eigenvalue weighted by Crippen LogP contribution is 2.21. The minimum Gasteiger partial charge on any atom is -0.381 e. The molecule has 0 atom stereocenters. The van der Waals surface area contributed by atoms with Crippen LogP contribution in [-0.4, -0.2) is 14.1 Å². The van der Waals surface area contributed by atoms with E-state index in [0.717, 1.165) is 6.54 Å². The maximum Gasteiger partial charge on any atom is 0.0400 e. The van der Waals surface area contributed by atoms with Crippen molar-refractivity contribution in [1.82, 2.24) is 0 Å². The molecule has 0 aliphatic carbocycles. The molecule has 94 valence electrons. The predicted molar refractivity (Wildman–Crippen MR) is 79.3 cm³/mol. The molecule has 2 aromatic carbocycles. The number of hydrogen-bond donors (Lipinski definition) is 1. The summed E-state index contributed by atoms with van der Waals surface area (Å²) in [5.41, 5.74) is 5.01. The monoisotopic (exact) mass is 240 g/mol. The molecule has 0 saturated heterocycles. The second kappa shape index (κ2) is 5.58. The van der Waals surface area contributed by atoms with E-state index in [9.17, 15) is 0 Å². The van der Waals surface area contributed by atoms with Crippen LogP contribution in [-0.2, 0) is 6.54 Å². The SMILES string of the molecule is Cc1cc(N(C)C)ccc1NCc1ccccc1. The van der Waals surface area contributed by atoms with E-state index < -0.39 is 0 Å². The van der Waals surface area contributed by atoms with Crippen LogP contribution < -0.4 is 10.2 Å². The molecule has 0 aliphatic rings. The van der Waals surface area contributed by atoms with Gasteiger partial charge in [0.15, 0.2) is 0 Å². The molecule has 0 spiro atoms. The van der Waals surface area contributed by atoms with Gasteiger partial charge in [-0.3, -0.25) is 0 Å². The van der Waals surface area contributed by atoms with Gasteiger partial charge >= 0.3 is 0 Å². The molecule has 0 unspecified atom stereocenters. The molecule has 2 nitrogen and oxygen atoms in total. The van der Waals surface area contributed by atoms with Gasteiger partial charge in [-0.15, -0.1) is 0 Å². The molecule has 0 heterocycles. The number of aryl methyl sites for hydroxylation is 1. The van der Waals surface area contributed by atoms with E-state index in [-0.39, 0.29) is 0 Å². The summed E-state index contributed by atoms with van der Waals surface area (Å²) in [6, 6.07) is 16.9. The molecular formula is C16H20N2. The number of nitrogens with zero attached hydrogens (tertiary/aromatic N) is 1. The molecule has 1 N–H and O–H groups in total. The molecule has 0 fully saturated rings. The topological polar surface area (TPSA) is 15.3 Å². The van der Waals surface area contributed by atoms with E-state index >= 15 is 0 Å². The van der Waals surface area contributed by atoms with E-state index in [0.29, 0.717) is 0 Å². The van der Waals surface area contributed by atoms with Crippen LogP contribution in [0.2, 0.25) is 0 Å². The van der Waals surface area contributed by atoms with Crippen molar-refractivity contribution in [3.63, 3.8) is 0 Å². The van der Waals surface area contributed by atoms with Gasteiger partial charge in [0.2, 0.25) is 0 Å². The lowest BCUT2D eigenvalue weighted by Crippen LogP contribution is -2.09. The van der Waals surface area contributed by atoms with E-state index in [1.54, 1.807) is 0 Å². The first kappa shape index (κ1) is 12.5. The Kier molecular flexibility index (Phi) is 3.88. The van der Waals surface area contributed by atoms with Crippen LogP contribution in [0.4, 0.5) is 11.4 Å². The fourth-order valence-corrected chi connectivity index (χ4v) is 1.92. The quantitative estimate of drug-likeness (QED) is 0.877. The minimum atomic E-state index is 0.864. The lowest BCUT2D eigenvalue weighted by atomic mass is 10.1. The fourth-order valence-electron chi connectivity index (χ4n) is 1.92. The standard InChI is InChI=1S/C16H20N2/c1-13-11-15(18(2)3)9-10-16(13)17-12-14-7-5-4-6-8-14/h4-11,17H,12H2,1-3H3. The summed E-state index contributed by atoms with van der Waals surface area (Å²) in [6.07, 6.45) is 0. The van der Waals surface area contributed by atoms with Gasteiger partial charge in [0.1, 0.15) is 0 Å². The first-order chi connectivity index (χ1) is 8.66. The average Bonchev–Trinajstić information content (AvgIpc) is 2.38. The van der Waals surface area contributed by atoms with Gasteiger partial charge in [-0.25, -0.2) is 0 Å². The Balaban J connectivity index is 2.06. The van der Waals surface area contributed by atoms with Gasteiger partial charge in [-0.05, 0) is 36.2 Å².